The first kappa shape index (κ1) is 15.8. The average molecular weight is 332 g/mol. The summed E-state index contributed by atoms with van der Waals surface area (Å²) in [5.74, 6) is 0. The van der Waals surface area contributed by atoms with E-state index >= 15 is 0 Å². The predicted molar refractivity (Wildman–Crippen MR) is 89.0 cm³/mol. The van der Waals surface area contributed by atoms with E-state index in [1.54, 1.807) is 16.6 Å². The molecule has 122 valence electrons. The Morgan fingerprint density at radius 1 is 1.09 bits per heavy atom. The zero-order valence-corrected chi connectivity index (χ0v) is 14.3. The third-order valence-corrected chi connectivity index (χ3v) is 5.41. The lowest BCUT2D eigenvalue weighted by Crippen LogP contribution is -2.27. The summed E-state index contributed by atoms with van der Waals surface area (Å²) in [5, 5.41) is 4.31. The van der Waals surface area contributed by atoms with Crippen LogP contribution in [0.5, 0.6) is 0 Å². The van der Waals surface area contributed by atoms with Gasteiger partial charge in [-0.1, -0.05) is 6.07 Å². The Hall–Kier alpha value is -2.12. The van der Waals surface area contributed by atoms with Gasteiger partial charge in [0.15, 0.2) is 0 Å². The van der Waals surface area contributed by atoms with E-state index < -0.39 is 10.0 Å². The van der Waals surface area contributed by atoms with Gasteiger partial charge in [0.05, 0.1) is 10.6 Å². The van der Waals surface area contributed by atoms with Gasteiger partial charge in [-0.3, -0.25) is 0 Å². The van der Waals surface area contributed by atoms with E-state index in [4.69, 9.17) is 0 Å². The number of hydrogen-bond donors (Lipinski definition) is 1. The number of fused-ring (bicyclic) bond motifs is 1. The summed E-state index contributed by atoms with van der Waals surface area (Å²) in [6, 6.07) is 7.14. The number of aryl methyl sites for hydroxylation is 3. The van der Waals surface area contributed by atoms with Crippen LogP contribution in [0.15, 0.2) is 41.6 Å². The molecule has 0 spiro atoms. The van der Waals surface area contributed by atoms with Crippen molar-refractivity contribution in [2.75, 3.05) is 6.54 Å². The van der Waals surface area contributed by atoms with Crippen LogP contribution in [0.1, 0.15) is 16.8 Å². The molecule has 3 aromatic rings. The van der Waals surface area contributed by atoms with Gasteiger partial charge < -0.3 is 4.57 Å². The fraction of sp³-hybridized carbons (Fsp3) is 0.312. The molecule has 2 aromatic heterocycles. The summed E-state index contributed by atoms with van der Waals surface area (Å²) in [6.07, 6.45) is 3.76. The van der Waals surface area contributed by atoms with Crippen molar-refractivity contribution >= 4 is 15.7 Å². The van der Waals surface area contributed by atoms with E-state index in [2.05, 4.69) is 9.82 Å². The van der Waals surface area contributed by atoms with Crippen LogP contribution in [0.2, 0.25) is 0 Å². The van der Waals surface area contributed by atoms with Crippen molar-refractivity contribution in [3.05, 3.63) is 53.5 Å². The highest BCUT2D eigenvalue weighted by Crippen LogP contribution is 2.14. The maximum atomic E-state index is 12.4. The first-order chi connectivity index (χ1) is 10.9. The van der Waals surface area contributed by atoms with Crippen molar-refractivity contribution in [1.82, 2.24) is 18.9 Å². The maximum absolute atomic E-state index is 12.4. The third-order valence-electron chi connectivity index (χ3n) is 3.95. The number of nitrogens with one attached hydrogen (secondary N) is 1. The highest BCUT2D eigenvalue weighted by Gasteiger charge is 2.14. The molecule has 7 heteroatoms. The number of benzene rings is 1. The van der Waals surface area contributed by atoms with Gasteiger partial charge in [-0.15, -0.1) is 0 Å². The number of aromatic nitrogens is 3. The number of sulfonamides is 1. The summed E-state index contributed by atoms with van der Waals surface area (Å²) in [4.78, 5) is 0.304. The Morgan fingerprint density at radius 2 is 1.87 bits per heavy atom. The number of imidazole rings is 1. The fourth-order valence-corrected chi connectivity index (χ4v) is 3.61. The van der Waals surface area contributed by atoms with Gasteiger partial charge in [-0.05, 0) is 44.0 Å². The largest absolute Gasteiger partial charge is 0.330 e. The topological polar surface area (TPSA) is 68.4 Å². The molecule has 0 saturated carbocycles. The van der Waals surface area contributed by atoms with Gasteiger partial charge in [0.25, 0.3) is 0 Å². The van der Waals surface area contributed by atoms with Gasteiger partial charge in [-0.2, -0.15) is 5.10 Å². The molecule has 3 rings (SSSR count). The molecule has 0 aliphatic carbocycles. The Bertz CT molecular complexity index is 954. The van der Waals surface area contributed by atoms with Crippen LogP contribution in [0.3, 0.4) is 0 Å². The quantitative estimate of drug-likeness (QED) is 0.777. The monoisotopic (exact) mass is 332 g/mol. The van der Waals surface area contributed by atoms with Gasteiger partial charge in [-0.25, -0.2) is 17.7 Å². The van der Waals surface area contributed by atoms with Crippen molar-refractivity contribution in [2.45, 2.75) is 32.2 Å². The number of nitrogens with zero attached hydrogens (tertiary/aromatic N) is 3. The molecule has 0 bridgehead atoms. The Morgan fingerprint density at radius 3 is 2.61 bits per heavy atom. The van der Waals surface area contributed by atoms with E-state index in [0.29, 0.717) is 18.0 Å². The average Bonchev–Trinajstić information content (AvgIpc) is 3.02. The lowest BCUT2D eigenvalue weighted by molar-refractivity contribution is 0.574. The van der Waals surface area contributed by atoms with Crippen LogP contribution >= 0.6 is 0 Å². The minimum Gasteiger partial charge on any atom is -0.330 e. The first-order valence-corrected chi connectivity index (χ1v) is 8.93. The van der Waals surface area contributed by atoms with Crippen LogP contribution in [0.4, 0.5) is 0 Å². The maximum Gasteiger partial charge on any atom is 0.240 e. The molecule has 0 amide bonds. The molecule has 6 nitrogen and oxygen atoms in total. The summed E-state index contributed by atoms with van der Waals surface area (Å²) < 4.78 is 31.1. The number of hydrogen-bond acceptors (Lipinski definition) is 3. The molecule has 0 fully saturated rings. The van der Waals surface area contributed by atoms with E-state index in [9.17, 15) is 8.42 Å². The fourth-order valence-electron chi connectivity index (χ4n) is 2.50. The van der Waals surface area contributed by atoms with Crippen LogP contribution in [-0.4, -0.2) is 29.1 Å². The minimum absolute atomic E-state index is 0.304. The van der Waals surface area contributed by atoms with Crippen LogP contribution in [0, 0.1) is 20.8 Å². The highest BCUT2D eigenvalue weighted by molar-refractivity contribution is 7.89. The Balaban J connectivity index is 1.70. The predicted octanol–water partition coefficient (Wildman–Crippen LogP) is 2.04. The normalized spacial score (nSPS) is 12.1. The number of rotatable bonds is 5. The van der Waals surface area contributed by atoms with E-state index in [1.807, 2.05) is 49.9 Å². The van der Waals surface area contributed by atoms with Crippen LogP contribution in [-0.2, 0) is 16.6 Å². The molecule has 0 atom stereocenters. The zero-order valence-electron chi connectivity index (χ0n) is 13.4. The molecule has 1 N–H and O–H groups in total. The highest BCUT2D eigenvalue weighted by atomic mass is 32.2. The van der Waals surface area contributed by atoms with Gasteiger partial charge >= 0.3 is 0 Å². The third kappa shape index (κ3) is 3.16. The summed E-state index contributed by atoms with van der Waals surface area (Å²) in [7, 11) is -3.49. The second-order valence-corrected chi connectivity index (χ2v) is 7.49. The van der Waals surface area contributed by atoms with Gasteiger partial charge in [0.1, 0.15) is 5.65 Å². The molecular formula is C16H20N4O2S. The van der Waals surface area contributed by atoms with Crippen molar-refractivity contribution in [3.8, 4) is 0 Å². The van der Waals surface area contributed by atoms with Crippen molar-refractivity contribution in [3.63, 3.8) is 0 Å². The Kier molecular flexibility index (Phi) is 3.99. The summed E-state index contributed by atoms with van der Waals surface area (Å²) >= 11 is 0. The molecular weight excluding hydrogens is 312 g/mol. The summed E-state index contributed by atoms with van der Waals surface area (Å²) in [5.41, 5.74) is 3.93. The van der Waals surface area contributed by atoms with Crippen molar-refractivity contribution in [2.24, 2.45) is 0 Å². The standard InChI is InChI=1S/C16H20N4O2S/c1-12-4-5-15(10-13(12)2)23(21,22)17-6-7-19-8-9-20-16(19)11-14(3)18-20/h4-5,8-11,17H,6-7H2,1-3H3. The molecule has 2 heterocycles. The molecule has 0 saturated heterocycles. The summed E-state index contributed by atoms with van der Waals surface area (Å²) in [6.45, 7) is 6.67. The lowest BCUT2D eigenvalue weighted by Gasteiger charge is -2.09. The second-order valence-electron chi connectivity index (χ2n) is 5.72. The zero-order chi connectivity index (χ0) is 16.6. The molecule has 1 aromatic carbocycles. The molecule has 0 radical (unpaired) electrons. The van der Waals surface area contributed by atoms with E-state index in [0.717, 1.165) is 22.5 Å². The smallest absolute Gasteiger partial charge is 0.240 e. The van der Waals surface area contributed by atoms with Crippen LogP contribution in [0.25, 0.3) is 5.65 Å². The van der Waals surface area contributed by atoms with E-state index in [1.165, 1.54) is 0 Å². The van der Waals surface area contributed by atoms with Gasteiger partial charge in [0, 0.05) is 31.5 Å². The minimum atomic E-state index is -3.49. The SMILES string of the molecule is Cc1cc2n(CCNS(=O)(=O)c3ccc(C)c(C)c3)ccn2n1. The molecule has 0 unspecified atom stereocenters. The first-order valence-electron chi connectivity index (χ1n) is 7.45. The second kappa shape index (κ2) is 5.82. The molecule has 0 aliphatic heterocycles. The van der Waals surface area contributed by atoms with Crippen molar-refractivity contribution in [1.29, 1.82) is 0 Å². The van der Waals surface area contributed by atoms with Gasteiger partial charge in [0.2, 0.25) is 10.0 Å². The van der Waals surface area contributed by atoms with Crippen LogP contribution < -0.4 is 4.72 Å². The van der Waals surface area contributed by atoms with Crippen molar-refractivity contribution < 1.29 is 8.42 Å². The molecule has 23 heavy (non-hydrogen) atoms. The molecule has 0 aliphatic rings. The lowest BCUT2D eigenvalue weighted by atomic mass is 10.1. The Labute approximate surface area is 135 Å². The van der Waals surface area contributed by atoms with E-state index in [-0.39, 0.29) is 0 Å².